The lowest BCUT2D eigenvalue weighted by atomic mass is 9.78. The van der Waals surface area contributed by atoms with Gasteiger partial charge in [0.25, 0.3) is 5.91 Å². The van der Waals surface area contributed by atoms with E-state index in [-0.39, 0.29) is 11.3 Å². The van der Waals surface area contributed by atoms with Crippen molar-refractivity contribution in [3.8, 4) is 0 Å². The zero-order valence-corrected chi connectivity index (χ0v) is 16.6. The predicted molar refractivity (Wildman–Crippen MR) is 105 cm³/mol. The van der Waals surface area contributed by atoms with Gasteiger partial charge in [-0.1, -0.05) is 6.92 Å². The molecule has 1 unspecified atom stereocenters. The van der Waals surface area contributed by atoms with E-state index < -0.39 is 0 Å². The topological polar surface area (TPSA) is 62.5 Å². The molecule has 1 saturated heterocycles. The SMILES string of the molecule is CC(C)N1CCCC(C)(c2ccc3c(N)c(C(=O)N(C)C)sc3n2)C1. The second kappa shape index (κ2) is 6.57. The Labute approximate surface area is 153 Å². The third kappa shape index (κ3) is 3.25. The number of amides is 1. The number of rotatable bonds is 3. The van der Waals surface area contributed by atoms with E-state index >= 15 is 0 Å². The number of aromatic nitrogens is 1. The highest BCUT2D eigenvalue weighted by Gasteiger charge is 2.35. The number of piperidine rings is 1. The highest BCUT2D eigenvalue weighted by Crippen LogP contribution is 2.38. The molecule has 1 aliphatic rings. The molecule has 3 rings (SSSR count). The Bertz CT molecular complexity index is 798. The van der Waals surface area contributed by atoms with Crippen molar-refractivity contribution in [3.05, 3.63) is 22.7 Å². The van der Waals surface area contributed by atoms with Crippen LogP contribution in [0, 0.1) is 0 Å². The molecule has 0 radical (unpaired) electrons. The van der Waals surface area contributed by atoms with Crippen LogP contribution in [0.3, 0.4) is 0 Å². The Kier molecular flexibility index (Phi) is 4.77. The molecule has 0 bridgehead atoms. The first-order valence-corrected chi connectivity index (χ1v) is 9.70. The van der Waals surface area contributed by atoms with Crippen molar-refractivity contribution >= 4 is 33.1 Å². The Morgan fingerprint density at radius 2 is 2.12 bits per heavy atom. The highest BCUT2D eigenvalue weighted by molar-refractivity contribution is 7.21. The number of nitrogens with zero attached hydrogens (tertiary/aromatic N) is 3. The summed E-state index contributed by atoms with van der Waals surface area (Å²) < 4.78 is 0. The summed E-state index contributed by atoms with van der Waals surface area (Å²) in [7, 11) is 3.49. The molecule has 1 amide bonds. The lowest BCUT2D eigenvalue weighted by molar-refractivity contribution is 0.0833. The minimum Gasteiger partial charge on any atom is -0.397 e. The summed E-state index contributed by atoms with van der Waals surface area (Å²) in [5.74, 6) is -0.0584. The zero-order chi connectivity index (χ0) is 18.4. The molecule has 2 aromatic heterocycles. The van der Waals surface area contributed by atoms with Gasteiger partial charge in [-0.15, -0.1) is 11.3 Å². The maximum Gasteiger partial charge on any atom is 0.265 e. The molecule has 0 saturated carbocycles. The zero-order valence-electron chi connectivity index (χ0n) is 15.8. The predicted octanol–water partition coefficient (Wildman–Crippen LogP) is 3.34. The molecule has 6 heteroatoms. The van der Waals surface area contributed by atoms with Gasteiger partial charge in [0.15, 0.2) is 0 Å². The van der Waals surface area contributed by atoms with E-state index in [1.807, 2.05) is 6.07 Å². The molecule has 136 valence electrons. The van der Waals surface area contributed by atoms with E-state index in [0.29, 0.717) is 16.6 Å². The number of thiophene rings is 1. The number of nitrogens with two attached hydrogens (primary N) is 1. The number of pyridine rings is 1. The number of anilines is 1. The molecule has 1 fully saturated rings. The minimum atomic E-state index is -0.0584. The van der Waals surface area contributed by atoms with Crippen molar-refractivity contribution in [2.24, 2.45) is 0 Å². The first-order chi connectivity index (χ1) is 11.7. The van der Waals surface area contributed by atoms with Crippen LogP contribution in [0.5, 0.6) is 0 Å². The number of carbonyl (C=O) groups is 1. The van der Waals surface area contributed by atoms with Gasteiger partial charge in [0, 0.05) is 43.2 Å². The Hall–Kier alpha value is -1.66. The van der Waals surface area contributed by atoms with E-state index in [9.17, 15) is 4.79 Å². The van der Waals surface area contributed by atoms with E-state index in [0.717, 1.165) is 35.4 Å². The fourth-order valence-electron chi connectivity index (χ4n) is 3.62. The standard InChI is InChI=1S/C19H28N4OS/c1-12(2)23-10-6-9-19(3,11-23)14-8-7-13-15(20)16(18(24)22(4)5)25-17(13)21-14/h7-8,12H,6,9-11,20H2,1-5H3. The van der Waals surface area contributed by atoms with Crippen molar-refractivity contribution in [1.29, 1.82) is 0 Å². The highest BCUT2D eigenvalue weighted by atomic mass is 32.1. The summed E-state index contributed by atoms with van der Waals surface area (Å²) in [4.78, 5) is 22.8. The Morgan fingerprint density at radius 1 is 1.40 bits per heavy atom. The molecular formula is C19H28N4OS. The van der Waals surface area contributed by atoms with Gasteiger partial charge in [0.2, 0.25) is 0 Å². The van der Waals surface area contributed by atoms with Crippen molar-refractivity contribution in [2.75, 3.05) is 32.9 Å². The van der Waals surface area contributed by atoms with Crippen LogP contribution in [-0.4, -0.2) is 53.9 Å². The molecule has 2 aromatic rings. The molecular weight excluding hydrogens is 332 g/mol. The largest absolute Gasteiger partial charge is 0.397 e. The summed E-state index contributed by atoms with van der Waals surface area (Å²) in [6.45, 7) is 8.98. The van der Waals surface area contributed by atoms with Crippen LogP contribution in [-0.2, 0) is 5.41 Å². The van der Waals surface area contributed by atoms with Gasteiger partial charge >= 0.3 is 0 Å². The number of hydrogen-bond donors (Lipinski definition) is 1. The maximum absolute atomic E-state index is 12.3. The first kappa shape index (κ1) is 18.1. The molecule has 0 aliphatic carbocycles. The molecule has 5 nitrogen and oxygen atoms in total. The van der Waals surface area contributed by atoms with Crippen molar-refractivity contribution in [1.82, 2.24) is 14.8 Å². The first-order valence-electron chi connectivity index (χ1n) is 8.88. The van der Waals surface area contributed by atoms with Gasteiger partial charge in [0.1, 0.15) is 9.71 Å². The van der Waals surface area contributed by atoms with Crippen molar-refractivity contribution in [2.45, 2.75) is 45.1 Å². The summed E-state index contributed by atoms with van der Waals surface area (Å²) >= 11 is 1.40. The fraction of sp³-hybridized carbons (Fsp3) is 0.579. The van der Waals surface area contributed by atoms with Crippen LogP contribution in [0.15, 0.2) is 12.1 Å². The normalized spacial score (nSPS) is 21.8. The smallest absolute Gasteiger partial charge is 0.265 e. The minimum absolute atomic E-state index is 0.0428. The maximum atomic E-state index is 12.3. The average molecular weight is 361 g/mol. The van der Waals surface area contributed by atoms with Gasteiger partial charge in [-0.2, -0.15) is 0 Å². The second-order valence-corrected chi connectivity index (χ2v) is 8.82. The van der Waals surface area contributed by atoms with Crippen LogP contribution >= 0.6 is 11.3 Å². The monoisotopic (exact) mass is 360 g/mol. The van der Waals surface area contributed by atoms with Gasteiger partial charge in [-0.3, -0.25) is 4.79 Å². The lowest BCUT2D eigenvalue weighted by Crippen LogP contribution is -2.47. The lowest BCUT2D eigenvalue weighted by Gasteiger charge is -2.42. The van der Waals surface area contributed by atoms with Gasteiger partial charge in [-0.05, 0) is 45.4 Å². The second-order valence-electron chi connectivity index (χ2n) is 7.82. The number of nitrogen functional groups attached to an aromatic ring is 1. The van der Waals surface area contributed by atoms with Crippen LogP contribution in [0.4, 0.5) is 5.69 Å². The molecule has 25 heavy (non-hydrogen) atoms. The Morgan fingerprint density at radius 3 is 2.76 bits per heavy atom. The summed E-state index contributed by atoms with van der Waals surface area (Å²) in [6, 6.07) is 4.68. The molecule has 1 aliphatic heterocycles. The summed E-state index contributed by atoms with van der Waals surface area (Å²) in [5.41, 5.74) is 7.92. The number of fused-ring (bicyclic) bond motifs is 1. The van der Waals surface area contributed by atoms with E-state index in [1.165, 1.54) is 17.8 Å². The van der Waals surface area contributed by atoms with Crippen LogP contribution in [0.2, 0.25) is 0 Å². The summed E-state index contributed by atoms with van der Waals surface area (Å²) in [6.07, 6.45) is 2.32. The van der Waals surface area contributed by atoms with Crippen LogP contribution in [0.1, 0.15) is 49.0 Å². The number of likely N-dealkylation sites (tertiary alicyclic amines) is 1. The third-order valence-corrected chi connectivity index (χ3v) is 6.37. The number of hydrogen-bond acceptors (Lipinski definition) is 5. The van der Waals surface area contributed by atoms with Gasteiger partial charge in [0.05, 0.1) is 5.69 Å². The number of carbonyl (C=O) groups excluding carboxylic acids is 1. The third-order valence-electron chi connectivity index (χ3n) is 5.27. The fourth-order valence-corrected chi connectivity index (χ4v) is 4.74. The Balaban J connectivity index is 2.00. The molecule has 1 atom stereocenters. The van der Waals surface area contributed by atoms with Crippen molar-refractivity contribution < 1.29 is 4.79 Å². The molecule has 2 N–H and O–H groups in total. The molecule has 0 spiro atoms. The van der Waals surface area contributed by atoms with Crippen LogP contribution in [0.25, 0.3) is 10.2 Å². The van der Waals surface area contributed by atoms with Crippen molar-refractivity contribution in [3.63, 3.8) is 0 Å². The van der Waals surface area contributed by atoms with E-state index in [2.05, 4.69) is 31.7 Å². The van der Waals surface area contributed by atoms with E-state index in [1.54, 1.807) is 19.0 Å². The summed E-state index contributed by atoms with van der Waals surface area (Å²) in [5, 5.41) is 0.888. The van der Waals surface area contributed by atoms with E-state index in [4.69, 9.17) is 10.7 Å². The van der Waals surface area contributed by atoms with Gasteiger partial charge in [-0.25, -0.2) is 4.98 Å². The molecule has 0 aromatic carbocycles. The molecule has 3 heterocycles. The quantitative estimate of drug-likeness (QED) is 0.912. The van der Waals surface area contributed by atoms with Gasteiger partial charge < -0.3 is 15.5 Å². The van der Waals surface area contributed by atoms with Crippen LogP contribution < -0.4 is 5.73 Å². The average Bonchev–Trinajstić information content (AvgIpc) is 2.90.